The summed E-state index contributed by atoms with van der Waals surface area (Å²) in [6.07, 6.45) is 0. The summed E-state index contributed by atoms with van der Waals surface area (Å²) < 4.78 is 29.4. The SMILES string of the molecule is COc1ccc(CS(=O)(=O)Cc2ccccc2)cc1N. The molecule has 106 valence electrons. The Hall–Kier alpha value is -2.01. The number of hydrogen-bond donors (Lipinski definition) is 1. The average molecular weight is 291 g/mol. The molecule has 0 radical (unpaired) electrons. The summed E-state index contributed by atoms with van der Waals surface area (Å²) in [5.41, 5.74) is 7.68. The molecule has 2 rings (SSSR count). The van der Waals surface area contributed by atoms with E-state index >= 15 is 0 Å². The van der Waals surface area contributed by atoms with Gasteiger partial charge in [-0.05, 0) is 23.3 Å². The van der Waals surface area contributed by atoms with Gasteiger partial charge in [-0.25, -0.2) is 8.42 Å². The first-order valence-corrected chi connectivity index (χ1v) is 7.99. The Morgan fingerprint density at radius 1 is 1.00 bits per heavy atom. The molecule has 2 aromatic rings. The molecular formula is C15H17NO3S. The van der Waals surface area contributed by atoms with Crippen LogP contribution in [0.15, 0.2) is 48.5 Å². The predicted octanol–water partition coefficient (Wildman–Crippen LogP) is 2.39. The van der Waals surface area contributed by atoms with Crippen molar-refractivity contribution in [2.45, 2.75) is 11.5 Å². The lowest BCUT2D eigenvalue weighted by atomic mass is 10.2. The van der Waals surface area contributed by atoms with Crippen LogP contribution in [0.2, 0.25) is 0 Å². The van der Waals surface area contributed by atoms with Crippen LogP contribution in [0.5, 0.6) is 5.75 Å². The largest absolute Gasteiger partial charge is 0.495 e. The highest BCUT2D eigenvalue weighted by molar-refractivity contribution is 7.89. The second kappa shape index (κ2) is 5.96. The van der Waals surface area contributed by atoms with Gasteiger partial charge in [-0.15, -0.1) is 0 Å². The Morgan fingerprint density at radius 2 is 1.65 bits per heavy atom. The molecule has 0 aliphatic carbocycles. The number of methoxy groups -OCH3 is 1. The third kappa shape index (κ3) is 3.74. The lowest BCUT2D eigenvalue weighted by Crippen LogP contribution is -2.08. The van der Waals surface area contributed by atoms with Gasteiger partial charge < -0.3 is 10.5 Å². The first-order chi connectivity index (χ1) is 9.50. The third-order valence-electron chi connectivity index (χ3n) is 2.91. The summed E-state index contributed by atoms with van der Waals surface area (Å²) >= 11 is 0. The summed E-state index contributed by atoms with van der Waals surface area (Å²) in [5.74, 6) is 0.546. The lowest BCUT2D eigenvalue weighted by Gasteiger charge is -2.08. The molecule has 0 aliphatic heterocycles. The van der Waals surface area contributed by atoms with Crippen molar-refractivity contribution in [3.8, 4) is 5.75 Å². The number of anilines is 1. The van der Waals surface area contributed by atoms with E-state index in [1.54, 1.807) is 30.3 Å². The van der Waals surface area contributed by atoms with E-state index in [9.17, 15) is 8.42 Å². The lowest BCUT2D eigenvalue weighted by molar-refractivity contribution is 0.417. The molecule has 0 amide bonds. The summed E-state index contributed by atoms with van der Waals surface area (Å²) in [6, 6.07) is 14.2. The van der Waals surface area contributed by atoms with E-state index in [0.29, 0.717) is 17.0 Å². The topological polar surface area (TPSA) is 69.4 Å². The molecule has 0 spiro atoms. The standard InChI is InChI=1S/C15H17NO3S/c1-19-15-8-7-13(9-14(15)16)11-20(17,18)10-12-5-3-2-4-6-12/h2-9H,10-11,16H2,1H3. The van der Waals surface area contributed by atoms with Crippen molar-refractivity contribution in [3.05, 3.63) is 59.7 Å². The molecule has 20 heavy (non-hydrogen) atoms. The van der Waals surface area contributed by atoms with Crippen LogP contribution in [-0.4, -0.2) is 15.5 Å². The molecule has 0 saturated carbocycles. The van der Waals surface area contributed by atoms with Gasteiger partial charge in [0.05, 0.1) is 24.3 Å². The number of ether oxygens (including phenoxy) is 1. The van der Waals surface area contributed by atoms with E-state index in [2.05, 4.69) is 0 Å². The maximum atomic E-state index is 12.2. The highest BCUT2D eigenvalue weighted by atomic mass is 32.2. The maximum Gasteiger partial charge on any atom is 0.158 e. The van der Waals surface area contributed by atoms with Crippen LogP contribution in [0.25, 0.3) is 0 Å². The number of benzene rings is 2. The summed E-state index contributed by atoms with van der Waals surface area (Å²) in [5, 5.41) is 0. The van der Waals surface area contributed by atoms with Gasteiger partial charge in [0.2, 0.25) is 0 Å². The van der Waals surface area contributed by atoms with E-state index < -0.39 is 9.84 Å². The normalized spacial score (nSPS) is 11.2. The van der Waals surface area contributed by atoms with Crippen molar-refractivity contribution in [2.75, 3.05) is 12.8 Å². The fraction of sp³-hybridized carbons (Fsp3) is 0.200. The monoisotopic (exact) mass is 291 g/mol. The molecule has 4 nitrogen and oxygen atoms in total. The quantitative estimate of drug-likeness (QED) is 0.859. The van der Waals surface area contributed by atoms with Crippen LogP contribution in [0, 0.1) is 0 Å². The van der Waals surface area contributed by atoms with Gasteiger partial charge in [-0.3, -0.25) is 0 Å². The van der Waals surface area contributed by atoms with Crippen LogP contribution in [0.1, 0.15) is 11.1 Å². The number of nitrogen functional groups attached to an aromatic ring is 1. The van der Waals surface area contributed by atoms with E-state index in [1.807, 2.05) is 18.2 Å². The van der Waals surface area contributed by atoms with E-state index in [1.165, 1.54) is 7.11 Å². The zero-order chi connectivity index (χ0) is 14.6. The number of hydrogen-bond acceptors (Lipinski definition) is 4. The highest BCUT2D eigenvalue weighted by Gasteiger charge is 2.14. The van der Waals surface area contributed by atoms with Crippen molar-refractivity contribution in [3.63, 3.8) is 0 Å². The van der Waals surface area contributed by atoms with E-state index in [0.717, 1.165) is 5.56 Å². The molecule has 0 atom stereocenters. The highest BCUT2D eigenvalue weighted by Crippen LogP contribution is 2.23. The fourth-order valence-electron chi connectivity index (χ4n) is 2.01. The Labute approximate surface area is 119 Å². The molecule has 5 heteroatoms. The average Bonchev–Trinajstić information content (AvgIpc) is 2.39. The minimum absolute atomic E-state index is 0.0276. The molecule has 0 bridgehead atoms. The molecule has 2 aromatic carbocycles. The third-order valence-corrected chi connectivity index (χ3v) is 4.46. The molecule has 0 aromatic heterocycles. The minimum atomic E-state index is -3.22. The zero-order valence-electron chi connectivity index (χ0n) is 11.2. The van der Waals surface area contributed by atoms with Gasteiger partial charge >= 0.3 is 0 Å². The van der Waals surface area contributed by atoms with Gasteiger partial charge in [0.25, 0.3) is 0 Å². The van der Waals surface area contributed by atoms with Crippen LogP contribution in [0.4, 0.5) is 5.69 Å². The minimum Gasteiger partial charge on any atom is -0.495 e. The summed E-state index contributed by atoms with van der Waals surface area (Å²) in [4.78, 5) is 0. The second-order valence-electron chi connectivity index (χ2n) is 4.59. The van der Waals surface area contributed by atoms with Crippen molar-refractivity contribution in [2.24, 2.45) is 0 Å². The fourth-order valence-corrected chi connectivity index (χ4v) is 3.50. The summed E-state index contributed by atoms with van der Waals surface area (Å²) in [7, 11) is -1.70. The molecule has 0 unspecified atom stereocenters. The van der Waals surface area contributed by atoms with Gasteiger partial charge in [0, 0.05) is 0 Å². The van der Waals surface area contributed by atoms with Gasteiger partial charge in [-0.1, -0.05) is 36.4 Å². The molecule has 2 N–H and O–H groups in total. The van der Waals surface area contributed by atoms with E-state index in [-0.39, 0.29) is 11.5 Å². The number of nitrogens with two attached hydrogens (primary N) is 1. The Bertz CT molecular complexity index is 682. The Balaban J connectivity index is 2.14. The van der Waals surface area contributed by atoms with E-state index in [4.69, 9.17) is 10.5 Å². The van der Waals surface area contributed by atoms with Gasteiger partial charge in [-0.2, -0.15) is 0 Å². The number of sulfone groups is 1. The van der Waals surface area contributed by atoms with Gasteiger partial charge in [0.1, 0.15) is 5.75 Å². The van der Waals surface area contributed by atoms with Crippen molar-refractivity contribution >= 4 is 15.5 Å². The predicted molar refractivity (Wildman–Crippen MR) is 80.2 cm³/mol. The number of rotatable bonds is 5. The first kappa shape index (κ1) is 14.4. The van der Waals surface area contributed by atoms with Crippen LogP contribution in [0.3, 0.4) is 0 Å². The van der Waals surface area contributed by atoms with Crippen molar-refractivity contribution < 1.29 is 13.2 Å². The molecular weight excluding hydrogens is 274 g/mol. The van der Waals surface area contributed by atoms with Crippen molar-refractivity contribution in [1.82, 2.24) is 0 Å². The molecule has 0 aliphatic rings. The van der Waals surface area contributed by atoms with Crippen molar-refractivity contribution in [1.29, 1.82) is 0 Å². The molecule has 0 fully saturated rings. The van der Waals surface area contributed by atoms with Crippen LogP contribution in [-0.2, 0) is 21.3 Å². The van der Waals surface area contributed by atoms with Gasteiger partial charge in [0.15, 0.2) is 9.84 Å². The molecule has 0 heterocycles. The smallest absolute Gasteiger partial charge is 0.158 e. The molecule has 0 saturated heterocycles. The Kier molecular flexibility index (Phi) is 4.29. The Morgan fingerprint density at radius 3 is 2.25 bits per heavy atom. The summed E-state index contributed by atoms with van der Waals surface area (Å²) in [6.45, 7) is 0. The van der Waals surface area contributed by atoms with Crippen LogP contribution < -0.4 is 10.5 Å². The second-order valence-corrected chi connectivity index (χ2v) is 6.66. The first-order valence-electron chi connectivity index (χ1n) is 6.17. The maximum absolute atomic E-state index is 12.2. The zero-order valence-corrected chi connectivity index (χ0v) is 12.1. The van der Waals surface area contributed by atoms with Crippen LogP contribution >= 0.6 is 0 Å².